The van der Waals surface area contributed by atoms with Gasteiger partial charge in [-0.15, -0.1) is 0 Å². The van der Waals surface area contributed by atoms with E-state index in [1.54, 1.807) is 11.0 Å². The number of hydrogen-bond donors (Lipinski definition) is 0. The summed E-state index contributed by atoms with van der Waals surface area (Å²) in [6.45, 7) is 0.764. The molecule has 0 N–H and O–H groups in total. The van der Waals surface area contributed by atoms with Crippen molar-refractivity contribution in [3.8, 4) is 0 Å². The second-order valence-corrected chi connectivity index (χ2v) is 7.33. The van der Waals surface area contributed by atoms with Crippen LogP contribution in [0.3, 0.4) is 0 Å². The van der Waals surface area contributed by atoms with Crippen LogP contribution in [0.2, 0.25) is 0 Å². The van der Waals surface area contributed by atoms with Gasteiger partial charge in [-0.2, -0.15) is 30.2 Å². The molecule has 22 heavy (non-hydrogen) atoms. The highest BCUT2D eigenvalue weighted by molar-refractivity contribution is 7.86. The molecule has 5 nitrogen and oxygen atoms in total. The zero-order valence-electron chi connectivity index (χ0n) is 12.3. The molecule has 0 amide bonds. The van der Waals surface area contributed by atoms with Gasteiger partial charge in [0.1, 0.15) is 0 Å². The highest BCUT2D eigenvalue weighted by Crippen LogP contribution is 2.36. The van der Waals surface area contributed by atoms with E-state index in [9.17, 15) is 21.6 Å². The van der Waals surface area contributed by atoms with Crippen LogP contribution in [0.1, 0.15) is 5.56 Å². The van der Waals surface area contributed by atoms with Crippen molar-refractivity contribution in [2.45, 2.75) is 6.18 Å². The lowest BCUT2D eigenvalue weighted by molar-refractivity contribution is -0.137. The number of benzene rings is 1. The molecule has 0 saturated carbocycles. The Hall–Kier alpha value is -1.32. The number of piperazine rings is 1. The standard InChI is InChI=1S/C13H18F3N3O2S/c1-17(2)22(20,21)19-9-7-18(8-10-19)12-6-4-3-5-11(12)13(14,15)16/h3-6H,7-10H2,1-2H3. The first-order chi connectivity index (χ1) is 10.1. The minimum absolute atomic E-state index is 0.0944. The van der Waals surface area contributed by atoms with Gasteiger partial charge in [-0.1, -0.05) is 12.1 Å². The molecule has 1 saturated heterocycles. The zero-order valence-corrected chi connectivity index (χ0v) is 13.2. The highest BCUT2D eigenvalue weighted by Gasteiger charge is 2.36. The average Bonchev–Trinajstić information content (AvgIpc) is 2.46. The van der Waals surface area contributed by atoms with Gasteiger partial charge in [0.25, 0.3) is 10.2 Å². The van der Waals surface area contributed by atoms with Crippen LogP contribution in [0.25, 0.3) is 0 Å². The monoisotopic (exact) mass is 337 g/mol. The quantitative estimate of drug-likeness (QED) is 0.842. The second kappa shape index (κ2) is 6.05. The number of para-hydroxylation sites is 1. The molecular formula is C13H18F3N3O2S. The Labute approximate surface area is 128 Å². The molecule has 0 unspecified atom stereocenters. The maximum Gasteiger partial charge on any atom is 0.418 e. The Balaban J connectivity index is 2.17. The van der Waals surface area contributed by atoms with Crippen molar-refractivity contribution in [2.75, 3.05) is 45.2 Å². The number of halogens is 3. The molecule has 0 spiro atoms. The first kappa shape index (κ1) is 17.0. The molecule has 0 atom stereocenters. The lowest BCUT2D eigenvalue weighted by Gasteiger charge is -2.37. The Bertz CT molecular complexity index is 624. The Kier molecular flexibility index (Phi) is 4.69. The maximum atomic E-state index is 13.0. The molecule has 0 aliphatic carbocycles. The van der Waals surface area contributed by atoms with E-state index in [1.165, 1.54) is 30.5 Å². The SMILES string of the molecule is CN(C)S(=O)(=O)N1CCN(c2ccccc2C(F)(F)F)CC1. The van der Waals surface area contributed by atoms with E-state index in [0.29, 0.717) is 0 Å². The lowest BCUT2D eigenvalue weighted by atomic mass is 10.1. The van der Waals surface area contributed by atoms with Crippen molar-refractivity contribution in [1.29, 1.82) is 0 Å². The largest absolute Gasteiger partial charge is 0.418 e. The predicted molar refractivity (Wildman–Crippen MR) is 77.8 cm³/mol. The molecule has 1 fully saturated rings. The van der Waals surface area contributed by atoms with Crippen LogP contribution in [-0.2, 0) is 16.4 Å². The van der Waals surface area contributed by atoms with Gasteiger partial charge in [-0.05, 0) is 12.1 Å². The predicted octanol–water partition coefficient (Wildman–Crippen LogP) is 1.63. The molecule has 1 heterocycles. The summed E-state index contributed by atoms with van der Waals surface area (Å²) in [6.07, 6.45) is -4.43. The minimum Gasteiger partial charge on any atom is -0.368 e. The third-order valence-electron chi connectivity index (χ3n) is 3.58. The van der Waals surface area contributed by atoms with Crippen molar-refractivity contribution in [2.24, 2.45) is 0 Å². The van der Waals surface area contributed by atoms with Gasteiger partial charge in [-0.3, -0.25) is 0 Å². The summed E-state index contributed by atoms with van der Waals surface area (Å²) in [5, 5.41) is 0. The first-order valence-electron chi connectivity index (χ1n) is 6.73. The fourth-order valence-electron chi connectivity index (χ4n) is 2.38. The van der Waals surface area contributed by atoms with Crippen molar-refractivity contribution < 1.29 is 21.6 Å². The number of anilines is 1. The third-order valence-corrected chi connectivity index (χ3v) is 5.52. The topological polar surface area (TPSA) is 43.9 Å². The fraction of sp³-hybridized carbons (Fsp3) is 0.538. The molecule has 124 valence electrons. The summed E-state index contributed by atoms with van der Waals surface area (Å²) in [6, 6.07) is 5.35. The summed E-state index contributed by atoms with van der Waals surface area (Å²) in [4.78, 5) is 1.57. The van der Waals surface area contributed by atoms with Crippen LogP contribution < -0.4 is 4.90 Å². The van der Waals surface area contributed by atoms with E-state index in [-0.39, 0.29) is 31.9 Å². The highest BCUT2D eigenvalue weighted by atomic mass is 32.2. The molecular weight excluding hydrogens is 319 g/mol. The smallest absolute Gasteiger partial charge is 0.368 e. The Morgan fingerprint density at radius 1 is 1.05 bits per heavy atom. The van der Waals surface area contributed by atoms with E-state index in [1.807, 2.05) is 0 Å². The summed E-state index contributed by atoms with van der Waals surface area (Å²) in [7, 11) is -0.664. The summed E-state index contributed by atoms with van der Waals surface area (Å²) in [5.41, 5.74) is -0.601. The van der Waals surface area contributed by atoms with E-state index >= 15 is 0 Å². The number of alkyl halides is 3. The number of rotatable bonds is 3. The van der Waals surface area contributed by atoms with Gasteiger partial charge in [-0.25, -0.2) is 0 Å². The van der Waals surface area contributed by atoms with Crippen LogP contribution in [0.15, 0.2) is 24.3 Å². The second-order valence-electron chi connectivity index (χ2n) is 5.19. The average molecular weight is 337 g/mol. The normalized spacial score (nSPS) is 18.0. The zero-order chi connectivity index (χ0) is 16.5. The molecule has 1 aliphatic heterocycles. The van der Waals surface area contributed by atoms with Crippen molar-refractivity contribution >= 4 is 15.9 Å². The van der Waals surface area contributed by atoms with Gasteiger partial charge < -0.3 is 4.90 Å². The first-order valence-corrected chi connectivity index (χ1v) is 8.12. The molecule has 0 bridgehead atoms. The molecule has 2 rings (SSSR count). The van der Waals surface area contributed by atoms with Crippen LogP contribution in [0, 0.1) is 0 Å². The van der Waals surface area contributed by atoms with Crippen molar-refractivity contribution in [3.63, 3.8) is 0 Å². The molecule has 9 heteroatoms. The summed E-state index contributed by atoms with van der Waals surface area (Å²) in [5.74, 6) is 0. The van der Waals surface area contributed by atoms with E-state index in [0.717, 1.165) is 10.4 Å². The van der Waals surface area contributed by atoms with Crippen LogP contribution in [-0.4, -0.2) is 57.3 Å². The van der Waals surface area contributed by atoms with Gasteiger partial charge in [0, 0.05) is 46.0 Å². The Morgan fingerprint density at radius 2 is 1.59 bits per heavy atom. The molecule has 1 aliphatic rings. The fourth-order valence-corrected chi connectivity index (χ4v) is 3.47. The van der Waals surface area contributed by atoms with Crippen molar-refractivity contribution in [1.82, 2.24) is 8.61 Å². The van der Waals surface area contributed by atoms with E-state index < -0.39 is 21.9 Å². The maximum absolute atomic E-state index is 13.0. The van der Waals surface area contributed by atoms with Gasteiger partial charge in [0.15, 0.2) is 0 Å². The molecule has 1 aromatic rings. The summed E-state index contributed by atoms with van der Waals surface area (Å²) >= 11 is 0. The van der Waals surface area contributed by atoms with E-state index in [4.69, 9.17) is 0 Å². The Morgan fingerprint density at radius 3 is 2.09 bits per heavy atom. The van der Waals surface area contributed by atoms with E-state index in [2.05, 4.69) is 0 Å². The van der Waals surface area contributed by atoms with Crippen LogP contribution in [0.5, 0.6) is 0 Å². The summed E-state index contributed by atoms with van der Waals surface area (Å²) < 4.78 is 65.5. The van der Waals surface area contributed by atoms with Gasteiger partial charge >= 0.3 is 6.18 Å². The number of nitrogens with zero attached hydrogens (tertiary/aromatic N) is 3. The van der Waals surface area contributed by atoms with Gasteiger partial charge in [0.05, 0.1) is 5.56 Å². The molecule has 0 radical (unpaired) electrons. The third kappa shape index (κ3) is 3.36. The van der Waals surface area contributed by atoms with Gasteiger partial charge in [0.2, 0.25) is 0 Å². The van der Waals surface area contributed by atoms with Crippen LogP contribution in [0.4, 0.5) is 18.9 Å². The molecule has 1 aromatic carbocycles. The minimum atomic E-state index is -4.43. The van der Waals surface area contributed by atoms with Crippen molar-refractivity contribution in [3.05, 3.63) is 29.8 Å². The van der Waals surface area contributed by atoms with Crippen LogP contribution >= 0.6 is 0 Å². The number of hydrogen-bond acceptors (Lipinski definition) is 3. The lowest BCUT2D eigenvalue weighted by Crippen LogP contribution is -2.52. The molecule has 0 aromatic heterocycles.